The summed E-state index contributed by atoms with van der Waals surface area (Å²) in [6.07, 6.45) is 0. The third-order valence-electron chi connectivity index (χ3n) is 3.84. The van der Waals surface area contributed by atoms with E-state index in [-0.39, 0.29) is 45.0 Å². The van der Waals surface area contributed by atoms with Crippen molar-refractivity contribution < 1.29 is 18.7 Å². The highest BCUT2D eigenvalue weighted by Gasteiger charge is 2.21. The van der Waals surface area contributed by atoms with Crippen LogP contribution in [0.5, 0.6) is 5.75 Å². The minimum Gasteiger partial charge on any atom is -0.492 e. The molecule has 146 valence electrons. The molecular weight excluding hydrogens is 426 g/mol. The topological polar surface area (TPSA) is 74.4 Å². The molecule has 0 spiro atoms. The van der Waals surface area contributed by atoms with E-state index in [9.17, 15) is 9.18 Å². The standard InChI is InChI=1S/C19H15Cl2FN2O3S/c1-26-19-12(20)5-4-11(17(19)22)14-7-13(23)16(21)18(24-14)15(25)9-27-8-10-3-2-6-28-10/h2-7H,8-9H2,1H3,(H2,23,24). The summed E-state index contributed by atoms with van der Waals surface area (Å²) < 4.78 is 25.1. The van der Waals surface area contributed by atoms with E-state index in [1.807, 2.05) is 17.5 Å². The molecule has 0 radical (unpaired) electrons. The van der Waals surface area contributed by atoms with Crippen LogP contribution < -0.4 is 10.5 Å². The maximum Gasteiger partial charge on any atom is 0.208 e. The Morgan fingerprint density at radius 3 is 2.79 bits per heavy atom. The summed E-state index contributed by atoms with van der Waals surface area (Å²) in [4.78, 5) is 17.7. The Bertz CT molecular complexity index is 1010. The van der Waals surface area contributed by atoms with Crippen molar-refractivity contribution in [3.05, 3.63) is 62.1 Å². The first-order valence-corrected chi connectivity index (χ1v) is 9.67. The van der Waals surface area contributed by atoms with Crippen LogP contribution in [0.25, 0.3) is 11.3 Å². The fourth-order valence-corrected chi connectivity index (χ4v) is 3.56. The summed E-state index contributed by atoms with van der Waals surface area (Å²) in [5, 5.41) is 2.02. The van der Waals surface area contributed by atoms with Gasteiger partial charge in [0, 0.05) is 10.4 Å². The van der Waals surface area contributed by atoms with Gasteiger partial charge in [-0.2, -0.15) is 0 Å². The van der Waals surface area contributed by atoms with Crippen LogP contribution in [0.3, 0.4) is 0 Å². The maximum absolute atomic E-state index is 14.7. The molecule has 28 heavy (non-hydrogen) atoms. The number of pyridine rings is 1. The summed E-state index contributed by atoms with van der Waals surface area (Å²) in [7, 11) is 1.30. The third-order valence-corrected chi connectivity index (χ3v) is 5.38. The summed E-state index contributed by atoms with van der Waals surface area (Å²) >= 11 is 13.6. The van der Waals surface area contributed by atoms with Crippen molar-refractivity contribution in [2.75, 3.05) is 19.5 Å². The van der Waals surface area contributed by atoms with Gasteiger partial charge in [-0.3, -0.25) is 4.79 Å². The van der Waals surface area contributed by atoms with E-state index in [1.54, 1.807) is 0 Å². The van der Waals surface area contributed by atoms with Crippen molar-refractivity contribution >= 4 is 46.0 Å². The van der Waals surface area contributed by atoms with Crippen molar-refractivity contribution in [1.29, 1.82) is 0 Å². The second-order valence-electron chi connectivity index (χ2n) is 5.70. The number of anilines is 1. The lowest BCUT2D eigenvalue weighted by Gasteiger charge is -2.12. The maximum atomic E-state index is 14.7. The minimum atomic E-state index is -0.712. The molecule has 9 heteroatoms. The molecule has 0 amide bonds. The fourth-order valence-electron chi connectivity index (χ4n) is 2.50. The van der Waals surface area contributed by atoms with Crippen LogP contribution in [0, 0.1) is 5.82 Å². The summed E-state index contributed by atoms with van der Waals surface area (Å²) in [5.41, 5.74) is 6.14. The summed E-state index contributed by atoms with van der Waals surface area (Å²) in [5.74, 6) is -1.30. The van der Waals surface area contributed by atoms with Crippen molar-refractivity contribution in [3.63, 3.8) is 0 Å². The lowest BCUT2D eigenvalue weighted by atomic mass is 10.1. The van der Waals surface area contributed by atoms with Crippen LogP contribution in [-0.4, -0.2) is 24.5 Å². The normalized spacial score (nSPS) is 10.9. The molecule has 5 nitrogen and oxygen atoms in total. The third kappa shape index (κ3) is 4.28. The Hall–Kier alpha value is -2.19. The molecule has 0 fully saturated rings. The zero-order chi connectivity index (χ0) is 20.3. The van der Waals surface area contributed by atoms with E-state index in [0.29, 0.717) is 6.61 Å². The number of methoxy groups -OCH3 is 1. The number of carbonyl (C=O) groups is 1. The predicted molar refractivity (Wildman–Crippen MR) is 109 cm³/mol. The number of rotatable bonds is 7. The Morgan fingerprint density at radius 1 is 1.32 bits per heavy atom. The average molecular weight is 441 g/mol. The highest BCUT2D eigenvalue weighted by molar-refractivity contribution is 7.09. The zero-order valence-corrected chi connectivity index (χ0v) is 17.0. The van der Waals surface area contributed by atoms with Gasteiger partial charge >= 0.3 is 0 Å². The van der Waals surface area contributed by atoms with Crippen molar-refractivity contribution in [2.24, 2.45) is 0 Å². The number of hydrogen-bond donors (Lipinski definition) is 1. The molecule has 3 rings (SSSR count). The molecule has 2 heterocycles. The number of carbonyl (C=O) groups excluding carboxylic acids is 1. The van der Waals surface area contributed by atoms with E-state index >= 15 is 0 Å². The molecular formula is C19H15Cl2FN2O3S. The number of thiophene rings is 1. The lowest BCUT2D eigenvalue weighted by molar-refractivity contribution is 0.0727. The quantitative estimate of drug-likeness (QED) is 0.508. The van der Waals surface area contributed by atoms with Crippen molar-refractivity contribution in [2.45, 2.75) is 6.61 Å². The van der Waals surface area contributed by atoms with Gasteiger partial charge in [0.25, 0.3) is 0 Å². The molecule has 1 aromatic carbocycles. The van der Waals surface area contributed by atoms with Crippen molar-refractivity contribution in [1.82, 2.24) is 4.98 Å². The van der Waals surface area contributed by atoms with Gasteiger partial charge in [0.15, 0.2) is 11.6 Å². The first-order valence-electron chi connectivity index (χ1n) is 8.04. The van der Waals surface area contributed by atoms with E-state index < -0.39 is 11.6 Å². The number of nitrogens with two attached hydrogens (primary N) is 1. The van der Waals surface area contributed by atoms with Gasteiger partial charge in [0.05, 0.1) is 35.1 Å². The molecule has 0 atom stereocenters. The molecule has 2 aromatic heterocycles. The molecule has 0 aliphatic heterocycles. The van der Waals surface area contributed by atoms with Crippen molar-refractivity contribution in [3.8, 4) is 17.0 Å². The molecule has 0 aliphatic rings. The monoisotopic (exact) mass is 440 g/mol. The number of halogens is 3. The van der Waals surface area contributed by atoms with Gasteiger partial charge in [0.2, 0.25) is 5.78 Å². The summed E-state index contributed by atoms with van der Waals surface area (Å²) in [6, 6.07) is 8.07. The highest BCUT2D eigenvalue weighted by Crippen LogP contribution is 2.36. The average Bonchev–Trinajstić information content (AvgIpc) is 3.18. The first kappa shape index (κ1) is 20.5. The Kier molecular flexibility index (Phi) is 6.51. The Balaban J connectivity index is 1.89. The molecule has 0 saturated carbocycles. The molecule has 0 aliphatic carbocycles. The van der Waals surface area contributed by atoms with E-state index in [2.05, 4.69) is 4.98 Å². The van der Waals surface area contributed by atoms with Crippen LogP contribution in [0.2, 0.25) is 10.0 Å². The van der Waals surface area contributed by atoms with Crippen LogP contribution in [0.15, 0.2) is 35.7 Å². The lowest BCUT2D eigenvalue weighted by Crippen LogP contribution is -2.13. The van der Waals surface area contributed by atoms with E-state index in [4.69, 9.17) is 38.4 Å². The molecule has 0 bridgehead atoms. The largest absolute Gasteiger partial charge is 0.492 e. The number of ether oxygens (including phenoxy) is 2. The Morgan fingerprint density at radius 2 is 2.11 bits per heavy atom. The van der Waals surface area contributed by atoms with Gasteiger partial charge in [-0.05, 0) is 29.6 Å². The second-order valence-corrected chi connectivity index (χ2v) is 7.51. The van der Waals surface area contributed by atoms with Crippen LogP contribution in [0.1, 0.15) is 15.4 Å². The van der Waals surface area contributed by atoms with Gasteiger partial charge in [0.1, 0.15) is 12.3 Å². The predicted octanol–water partition coefficient (Wildman–Crippen LogP) is 5.25. The zero-order valence-electron chi connectivity index (χ0n) is 14.7. The van der Waals surface area contributed by atoms with Gasteiger partial charge in [-0.15, -0.1) is 11.3 Å². The van der Waals surface area contributed by atoms with Crippen LogP contribution in [-0.2, 0) is 11.3 Å². The highest BCUT2D eigenvalue weighted by atomic mass is 35.5. The Labute approximate surface area is 174 Å². The van der Waals surface area contributed by atoms with Crippen LogP contribution in [0.4, 0.5) is 10.1 Å². The molecule has 0 unspecified atom stereocenters. The second kappa shape index (κ2) is 8.87. The molecule has 0 saturated heterocycles. The number of nitrogen functional groups attached to an aromatic ring is 1. The molecule has 2 N–H and O–H groups in total. The first-order chi connectivity index (χ1) is 13.4. The smallest absolute Gasteiger partial charge is 0.208 e. The van der Waals surface area contributed by atoms with Gasteiger partial charge in [-0.1, -0.05) is 29.3 Å². The minimum absolute atomic E-state index is 0.00481. The number of Topliss-reactive ketones (excluding diaryl/α,β-unsaturated/α-hetero) is 1. The van der Waals surface area contributed by atoms with Crippen LogP contribution >= 0.6 is 34.5 Å². The van der Waals surface area contributed by atoms with Gasteiger partial charge < -0.3 is 15.2 Å². The van der Waals surface area contributed by atoms with E-state index in [0.717, 1.165) is 4.88 Å². The summed E-state index contributed by atoms with van der Waals surface area (Å²) in [6.45, 7) is 0.0547. The SMILES string of the molecule is COc1c(Cl)ccc(-c2cc(N)c(Cl)c(C(=O)COCc3cccs3)n2)c1F. The number of benzene rings is 1. The number of ketones is 1. The number of nitrogens with zero attached hydrogens (tertiary/aromatic N) is 1. The fraction of sp³-hybridized carbons (Fsp3) is 0.158. The molecule has 3 aromatic rings. The number of hydrogen-bond acceptors (Lipinski definition) is 6. The van der Waals surface area contributed by atoms with E-state index in [1.165, 1.54) is 36.6 Å². The number of aromatic nitrogens is 1. The van der Waals surface area contributed by atoms with Gasteiger partial charge in [-0.25, -0.2) is 9.37 Å².